The highest BCUT2D eigenvalue weighted by atomic mass is 16.3. The molecule has 1 aromatic carbocycles. The van der Waals surface area contributed by atoms with E-state index in [1.807, 2.05) is 6.92 Å². The molecule has 1 fully saturated rings. The molecule has 2 aromatic rings. The number of rotatable bonds is 5. The van der Waals surface area contributed by atoms with Gasteiger partial charge in [0.2, 0.25) is 5.91 Å². The van der Waals surface area contributed by atoms with Gasteiger partial charge in [0.05, 0.1) is 12.5 Å². The fourth-order valence-corrected chi connectivity index (χ4v) is 4.94. The largest absolute Gasteiger partial charge is 0.394 e. The fraction of sp³-hybridized carbons (Fsp3) is 0.571. The topological polar surface area (TPSA) is 68.4 Å². The lowest BCUT2D eigenvalue weighted by molar-refractivity contribution is -0.128. The summed E-state index contributed by atoms with van der Waals surface area (Å²) < 4.78 is 0. The Labute approximate surface area is 154 Å². The Bertz CT molecular complexity index is 800. The summed E-state index contributed by atoms with van der Waals surface area (Å²) in [5.41, 5.74) is 4.01. The first-order valence-electron chi connectivity index (χ1n) is 9.86. The van der Waals surface area contributed by atoms with E-state index >= 15 is 0 Å². The Morgan fingerprint density at radius 1 is 1.46 bits per heavy atom. The Balaban J connectivity index is 1.67. The first-order valence-corrected chi connectivity index (χ1v) is 9.86. The molecular weight excluding hydrogens is 326 g/mol. The highest BCUT2D eigenvalue weighted by Gasteiger charge is 2.42. The van der Waals surface area contributed by atoms with Gasteiger partial charge in [-0.05, 0) is 49.9 Å². The number of hydrogen-bond donors (Lipinski definition) is 3. The van der Waals surface area contributed by atoms with Crippen LogP contribution in [0.15, 0.2) is 24.4 Å². The number of benzene rings is 1. The maximum atomic E-state index is 12.8. The van der Waals surface area contributed by atoms with E-state index in [0.717, 1.165) is 32.4 Å². The molecule has 1 amide bonds. The predicted molar refractivity (Wildman–Crippen MR) is 103 cm³/mol. The number of hydrogen-bond acceptors (Lipinski definition) is 3. The van der Waals surface area contributed by atoms with E-state index in [9.17, 15) is 9.90 Å². The number of aromatic nitrogens is 1. The minimum Gasteiger partial charge on any atom is -0.394 e. The van der Waals surface area contributed by atoms with Crippen LogP contribution in [0.2, 0.25) is 0 Å². The van der Waals surface area contributed by atoms with E-state index in [0.29, 0.717) is 12.0 Å². The molecule has 1 aromatic heterocycles. The lowest BCUT2D eigenvalue weighted by atomic mass is 9.72. The van der Waals surface area contributed by atoms with Gasteiger partial charge in [0.25, 0.3) is 0 Å². The van der Waals surface area contributed by atoms with Gasteiger partial charge in [-0.3, -0.25) is 9.69 Å². The molecule has 140 valence electrons. The lowest BCUT2D eigenvalue weighted by Gasteiger charge is -2.46. The Kier molecular flexibility index (Phi) is 4.76. The minimum absolute atomic E-state index is 0.0186. The van der Waals surface area contributed by atoms with Crippen molar-refractivity contribution in [3.05, 3.63) is 35.5 Å². The van der Waals surface area contributed by atoms with Crippen molar-refractivity contribution < 1.29 is 9.90 Å². The summed E-state index contributed by atoms with van der Waals surface area (Å²) in [6.45, 7) is 5.87. The van der Waals surface area contributed by atoms with Gasteiger partial charge in [-0.2, -0.15) is 0 Å². The first-order chi connectivity index (χ1) is 12.6. The normalized spacial score (nSPS) is 26.5. The van der Waals surface area contributed by atoms with Crippen LogP contribution in [0.5, 0.6) is 0 Å². The Morgan fingerprint density at radius 2 is 2.31 bits per heavy atom. The number of carbonyl (C=O) groups is 1. The second-order valence-corrected chi connectivity index (χ2v) is 7.98. The summed E-state index contributed by atoms with van der Waals surface area (Å²) in [7, 11) is 0. The van der Waals surface area contributed by atoms with Gasteiger partial charge in [-0.1, -0.05) is 19.1 Å². The molecule has 26 heavy (non-hydrogen) atoms. The van der Waals surface area contributed by atoms with Crippen molar-refractivity contribution in [3.8, 4) is 0 Å². The van der Waals surface area contributed by atoms with Gasteiger partial charge in [0.1, 0.15) is 0 Å². The van der Waals surface area contributed by atoms with Gasteiger partial charge in [-0.25, -0.2) is 0 Å². The van der Waals surface area contributed by atoms with Crippen LogP contribution in [0, 0.1) is 5.92 Å². The fourth-order valence-electron chi connectivity index (χ4n) is 4.94. The van der Waals surface area contributed by atoms with Crippen LogP contribution in [0.4, 0.5) is 0 Å². The number of H-pyrrole nitrogens is 1. The highest BCUT2D eigenvalue weighted by Crippen LogP contribution is 2.44. The molecule has 5 heteroatoms. The Morgan fingerprint density at radius 3 is 3.08 bits per heavy atom. The van der Waals surface area contributed by atoms with E-state index in [2.05, 4.69) is 46.5 Å². The molecule has 1 aliphatic carbocycles. The summed E-state index contributed by atoms with van der Waals surface area (Å²) in [5.74, 6) is 0.452. The summed E-state index contributed by atoms with van der Waals surface area (Å²) >= 11 is 0. The van der Waals surface area contributed by atoms with Crippen molar-refractivity contribution >= 4 is 16.8 Å². The quantitative estimate of drug-likeness (QED) is 0.771. The molecule has 4 atom stereocenters. The first kappa shape index (κ1) is 17.6. The van der Waals surface area contributed by atoms with Crippen molar-refractivity contribution in [2.24, 2.45) is 5.92 Å². The second kappa shape index (κ2) is 7.05. The van der Waals surface area contributed by atoms with Crippen LogP contribution < -0.4 is 5.32 Å². The third-order valence-electron chi connectivity index (χ3n) is 6.12. The molecule has 2 aliphatic rings. The van der Waals surface area contributed by atoms with Gasteiger partial charge >= 0.3 is 0 Å². The van der Waals surface area contributed by atoms with Crippen LogP contribution in [0.3, 0.4) is 0 Å². The monoisotopic (exact) mass is 355 g/mol. The maximum absolute atomic E-state index is 12.8. The van der Waals surface area contributed by atoms with E-state index in [1.165, 1.54) is 22.0 Å². The molecule has 1 aliphatic heterocycles. The molecule has 5 nitrogen and oxygen atoms in total. The molecule has 1 saturated heterocycles. The van der Waals surface area contributed by atoms with Crippen molar-refractivity contribution in [2.75, 3.05) is 19.7 Å². The SMILES string of the molecule is CCCN1C[C@H](C(=O)NC(C)CO)C[C@@H]2c3cccc4[nH]cc(c34)C[C@H]21. The predicted octanol–water partition coefficient (Wildman–Crippen LogP) is 2.41. The summed E-state index contributed by atoms with van der Waals surface area (Å²) in [4.78, 5) is 18.7. The number of aliphatic hydroxyl groups excluding tert-OH is 1. The van der Waals surface area contributed by atoms with Crippen molar-refractivity contribution in [3.63, 3.8) is 0 Å². The van der Waals surface area contributed by atoms with Crippen LogP contribution >= 0.6 is 0 Å². The van der Waals surface area contributed by atoms with Gasteiger partial charge in [0, 0.05) is 41.6 Å². The van der Waals surface area contributed by atoms with Crippen LogP contribution in [-0.2, 0) is 11.2 Å². The number of piperidine rings is 1. The molecule has 4 rings (SSSR count). The van der Waals surface area contributed by atoms with Crippen molar-refractivity contribution in [1.82, 2.24) is 15.2 Å². The van der Waals surface area contributed by atoms with Crippen molar-refractivity contribution in [2.45, 2.75) is 51.1 Å². The second-order valence-electron chi connectivity index (χ2n) is 7.98. The van der Waals surface area contributed by atoms with Crippen LogP contribution in [0.1, 0.15) is 43.7 Å². The number of amides is 1. The lowest BCUT2D eigenvalue weighted by Crippen LogP contribution is -2.54. The van der Waals surface area contributed by atoms with Crippen LogP contribution in [-0.4, -0.2) is 52.7 Å². The molecule has 3 N–H and O–H groups in total. The standard InChI is InChI=1S/C21H29N3O2/c1-3-7-24-11-15(21(26)23-13(2)12-25)8-17-16-5-4-6-18-20(16)14(10-22-18)9-19(17)24/h4-6,10,13,15,17,19,22,25H,3,7-9,11-12H2,1-2H3,(H,23,26)/t13?,15-,17-,19-/m1/s1. The van der Waals surface area contributed by atoms with E-state index in [-0.39, 0.29) is 24.5 Å². The minimum atomic E-state index is -0.189. The third-order valence-corrected chi connectivity index (χ3v) is 6.12. The van der Waals surface area contributed by atoms with Crippen LogP contribution in [0.25, 0.3) is 10.9 Å². The molecule has 0 bridgehead atoms. The zero-order chi connectivity index (χ0) is 18.3. The summed E-state index contributed by atoms with van der Waals surface area (Å²) in [5, 5.41) is 13.6. The highest BCUT2D eigenvalue weighted by molar-refractivity contribution is 5.88. The smallest absolute Gasteiger partial charge is 0.224 e. The van der Waals surface area contributed by atoms with Gasteiger partial charge < -0.3 is 15.4 Å². The summed E-state index contributed by atoms with van der Waals surface area (Å²) in [6, 6.07) is 6.80. The molecule has 2 heterocycles. The van der Waals surface area contributed by atoms with E-state index in [4.69, 9.17) is 0 Å². The zero-order valence-electron chi connectivity index (χ0n) is 15.7. The number of nitrogens with zero attached hydrogens (tertiary/aromatic N) is 1. The zero-order valence-corrected chi connectivity index (χ0v) is 15.7. The van der Waals surface area contributed by atoms with Crippen molar-refractivity contribution in [1.29, 1.82) is 0 Å². The summed E-state index contributed by atoms with van der Waals surface area (Å²) in [6.07, 6.45) is 5.20. The molecular formula is C21H29N3O2. The van der Waals surface area contributed by atoms with E-state index < -0.39 is 0 Å². The van der Waals surface area contributed by atoms with Gasteiger partial charge in [-0.15, -0.1) is 0 Å². The number of aromatic amines is 1. The average molecular weight is 355 g/mol. The number of aliphatic hydroxyl groups is 1. The Hall–Kier alpha value is -1.85. The average Bonchev–Trinajstić information content (AvgIpc) is 3.06. The van der Waals surface area contributed by atoms with E-state index in [1.54, 1.807) is 0 Å². The number of likely N-dealkylation sites (tertiary alicyclic amines) is 1. The molecule has 1 unspecified atom stereocenters. The molecule has 0 saturated carbocycles. The number of nitrogens with one attached hydrogen (secondary N) is 2. The molecule has 0 radical (unpaired) electrons. The molecule has 0 spiro atoms. The maximum Gasteiger partial charge on any atom is 0.224 e. The van der Waals surface area contributed by atoms with Gasteiger partial charge in [0.15, 0.2) is 0 Å². The third kappa shape index (κ3) is 2.93. The number of carbonyl (C=O) groups excluding carboxylic acids is 1. The number of fused-ring (bicyclic) bond motifs is 2.